The van der Waals surface area contributed by atoms with Crippen molar-refractivity contribution in [3.63, 3.8) is 0 Å². The van der Waals surface area contributed by atoms with Crippen LogP contribution in [0.4, 0.5) is 4.39 Å². The number of rotatable bonds is 8. The number of methoxy groups -OCH3 is 3. The van der Waals surface area contributed by atoms with E-state index in [0.29, 0.717) is 29.4 Å². The van der Waals surface area contributed by atoms with E-state index in [4.69, 9.17) is 14.2 Å². The monoisotopic (exact) mass is 431 g/mol. The molecule has 0 bridgehead atoms. The van der Waals surface area contributed by atoms with Gasteiger partial charge in [0.15, 0.2) is 11.5 Å². The van der Waals surface area contributed by atoms with Crippen LogP contribution in [0, 0.1) is 5.82 Å². The van der Waals surface area contributed by atoms with E-state index in [9.17, 15) is 9.18 Å². The van der Waals surface area contributed by atoms with E-state index in [1.807, 2.05) is 0 Å². The van der Waals surface area contributed by atoms with Crippen LogP contribution >= 0.6 is 0 Å². The number of ether oxygens (including phenoxy) is 3. The molecule has 1 aliphatic heterocycles. The average molecular weight is 432 g/mol. The van der Waals surface area contributed by atoms with Crippen molar-refractivity contribution in [3.8, 4) is 17.2 Å². The molecular formula is C23H30FN3O4. The zero-order valence-corrected chi connectivity index (χ0v) is 18.5. The van der Waals surface area contributed by atoms with Gasteiger partial charge in [0.05, 0.1) is 27.4 Å². The third-order valence-corrected chi connectivity index (χ3v) is 5.62. The van der Waals surface area contributed by atoms with Gasteiger partial charge in [-0.2, -0.15) is 0 Å². The molecule has 2 aromatic rings. The summed E-state index contributed by atoms with van der Waals surface area (Å²) in [6.45, 7) is 4.03. The Kier molecular flexibility index (Phi) is 7.70. The number of amides is 1. The average Bonchev–Trinajstić information content (AvgIpc) is 2.80. The minimum atomic E-state index is -0.276. The van der Waals surface area contributed by atoms with Crippen LogP contribution in [0.1, 0.15) is 22.0 Å². The number of likely N-dealkylation sites (N-methyl/N-ethyl adjacent to an activating group) is 1. The van der Waals surface area contributed by atoms with Crippen LogP contribution in [-0.4, -0.2) is 76.8 Å². The molecule has 0 aliphatic carbocycles. The normalized spacial score (nSPS) is 15.9. The number of nitrogens with zero attached hydrogens (tertiary/aromatic N) is 2. The maximum atomic E-state index is 13.5. The van der Waals surface area contributed by atoms with Crippen molar-refractivity contribution in [2.75, 3.05) is 61.1 Å². The van der Waals surface area contributed by atoms with E-state index in [-0.39, 0.29) is 17.8 Å². The van der Waals surface area contributed by atoms with Gasteiger partial charge in [-0.1, -0.05) is 12.1 Å². The van der Waals surface area contributed by atoms with Crippen LogP contribution < -0.4 is 19.5 Å². The summed E-state index contributed by atoms with van der Waals surface area (Å²) in [5.74, 6) is 0.744. The molecule has 1 N–H and O–H groups in total. The van der Waals surface area contributed by atoms with Gasteiger partial charge in [-0.3, -0.25) is 9.69 Å². The SMILES string of the molecule is COc1cc(C(=O)NCC(c2ccc(F)cc2)N2CCN(C)CC2)cc(OC)c1OC. The van der Waals surface area contributed by atoms with Gasteiger partial charge < -0.3 is 24.4 Å². The number of hydrogen-bond acceptors (Lipinski definition) is 6. The summed E-state index contributed by atoms with van der Waals surface area (Å²) < 4.78 is 29.5. The topological polar surface area (TPSA) is 63.3 Å². The number of nitrogens with one attached hydrogen (secondary N) is 1. The molecule has 31 heavy (non-hydrogen) atoms. The summed E-state index contributed by atoms with van der Waals surface area (Å²) in [7, 11) is 6.63. The smallest absolute Gasteiger partial charge is 0.251 e. The molecule has 0 saturated carbocycles. The van der Waals surface area contributed by atoms with E-state index in [0.717, 1.165) is 31.7 Å². The van der Waals surface area contributed by atoms with Crippen LogP contribution in [0.2, 0.25) is 0 Å². The van der Waals surface area contributed by atoms with Gasteiger partial charge in [0, 0.05) is 38.3 Å². The Morgan fingerprint density at radius 1 is 1.00 bits per heavy atom. The summed E-state index contributed by atoms with van der Waals surface area (Å²) in [6, 6.07) is 9.67. The molecule has 3 rings (SSSR count). The third kappa shape index (κ3) is 5.45. The van der Waals surface area contributed by atoms with Gasteiger partial charge in [0.25, 0.3) is 5.91 Å². The largest absolute Gasteiger partial charge is 0.493 e. The third-order valence-electron chi connectivity index (χ3n) is 5.62. The molecule has 8 heteroatoms. The summed E-state index contributed by atoms with van der Waals surface area (Å²) in [4.78, 5) is 17.5. The maximum absolute atomic E-state index is 13.5. The Morgan fingerprint density at radius 3 is 2.10 bits per heavy atom. The molecule has 168 valence electrons. The van der Waals surface area contributed by atoms with Crippen LogP contribution in [0.15, 0.2) is 36.4 Å². The Hall–Kier alpha value is -2.84. The molecule has 0 spiro atoms. The second kappa shape index (κ2) is 10.5. The number of halogens is 1. The van der Waals surface area contributed by atoms with E-state index in [2.05, 4.69) is 22.2 Å². The lowest BCUT2D eigenvalue weighted by Crippen LogP contribution is -2.48. The molecule has 0 aromatic heterocycles. The minimum Gasteiger partial charge on any atom is -0.493 e. The number of carbonyl (C=O) groups is 1. The fourth-order valence-corrected chi connectivity index (χ4v) is 3.78. The number of benzene rings is 2. The van der Waals surface area contributed by atoms with Crippen molar-refractivity contribution in [1.29, 1.82) is 0 Å². The first-order valence-electron chi connectivity index (χ1n) is 10.2. The highest BCUT2D eigenvalue weighted by Crippen LogP contribution is 2.38. The molecule has 7 nitrogen and oxygen atoms in total. The minimum absolute atomic E-state index is 0.0553. The van der Waals surface area contributed by atoms with Crippen LogP contribution in [0.25, 0.3) is 0 Å². The lowest BCUT2D eigenvalue weighted by Gasteiger charge is -2.38. The quantitative estimate of drug-likeness (QED) is 0.693. The second-order valence-corrected chi connectivity index (χ2v) is 7.53. The zero-order chi connectivity index (χ0) is 22.4. The fourth-order valence-electron chi connectivity index (χ4n) is 3.78. The van der Waals surface area contributed by atoms with Crippen molar-refractivity contribution in [2.45, 2.75) is 6.04 Å². The predicted molar refractivity (Wildman–Crippen MR) is 117 cm³/mol. The Bertz CT molecular complexity index is 858. The van der Waals surface area contributed by atoms with Crippen LogP contribution in [0.3, 0.4) is 0 Å². The van der Waals surface area contributed by atoms with Crippen LogP contribution in [0.5, 0.6) is 17.2 Å². The van der Waals surface area contributed by atoms with Crippen molar-refractivity contribution in [3.05, 3.63) is 53.3 Å². The Labute approximate surface area is 182 Å². The highest BCUT2D eigenvalue weighted by Gasteiger charge is 2.25. The molecule has 1 unspecified atom stereocenters. The van der Waals surface area contributed by atoms with Gasteiger partial charge in [0.1, 0.15) is 5.82 Å². The molecule has 0 radical (unpaired) electrons. The lowest BCUT2D eigenvalue weighted by atomic mass is 10.0. The Morgan fingerprint density at radius 2 is 1.58 bits per heavy atom. The molecule has 1 heterocycles. The highest BCUT2D eigenvalue weighted by molar-refractivity contribution is 5.95. The van der Waals surface area contributed by atoms with Gasteiger partial charge in [-0.25, -0.2) is 4.39 Å². The van der Waals surface area contributed by atoms with E-state index >= 15 is 0 Å². The molecule has 1 saturated heterocycles. The van der Waals surface area contributed by atoms with E-state index < -0.39 is 0 Å². The summed E-state index contributed by atoms with van der Waals surface area (Å²) >= 11 is 0. The van der Waals surface area contributed by atoms with Crippen molar-refractivity contribution in [2.24, 2.45) is 0 Å². The van der Waals surface area contributed by atoms with E-state index in [1.54, 1.807) is 24.3 Å². The summed E-state index contributed by atoms with van der Waals surface area (Å²) in [6.07, 6.45) is 0. The van der Waals surface area contributed by atoms with E-state index in [1.165, 1.54) is 33.5 Å². The molecule has 1 amide bonds. The first-order valence-corrected chi connectivity index (χ1v) is 10.2. The second-order valence-electron chi connectivity index (χ2n) is 7.53. The highest BCUT2D eigenvalue weighted by atomic mass is 19.1. The lowest BCUT2D eigenvalue weighted by molar-refractivity contribution is 0.0885. The summed E-state index contributed by atoms with van der Waals surface area (Å²) in [5.41, 5.74) is 1.38. The molecular weight excluding hydrogens is 401 g/mol. The zero-order valence-electron chi connectivity index (χ0n) is 18.5. The summed E-state index contributed by atoms with van der Waals surface area (Å²) in [5, 5.41) is 3.02. The van der Waals surface area contributed by atoms with Crippen molar-refractivity contribution in [1.82, 2.24) is 15.1 Å². The predicted octanol–water partition coefficient (Wildman–Crippen LogP) is 2.57. The first kappa shape index (κ1) is 22.8. The van der Waals surface area contributed by atoms with Crippen LogP contribution in [-0.2, 0) is 0 Å². The molecule has 1 aliphatic rings. The van der Waals surface area contributed by atoms with Gasteiger partial charge >= 0.3 is 0 Å². The van der Waals surface area contributed by atoms with Gasteiger partial charge in [-0.15, -0.1) is 0 Å². The van der Waals surface area contributed by atoms with Crippen molar-refractivity contribution >= 4 is 5.91 Å². The first-order chi connectivity index (χ1) is 15.0. The molecule has 1 atom stereocenters. The van der Waals surface area contributed by atoms with Gasteiger partial charge in [0.2, 0.25) is 5.75 Å². The maximum Gasteiger partial charge on any atom is 0.251 e. The molecule has 1 fully saturated rings. The van der Waals surface area contributed by atoms with Gasteiger partial charge in [-0.05, 0) is 36.9 Å². The number of piperazine rings is 1. The fraction of sp³-hybridized carbons (Fsp3) is 0.435. The van der Waals surface area contributed by atoms with Crippen molar-refractivity contribution < 1.29 is 23.4 Å². The standard InChI is InChI=1S/C23H30FN3O4/c1-26-9-11-27(12-10-26)19(16-5-7-18(24)8-6-16)15-25-23(28)17-13-20(29-2)22(31-4)21(14-17)30-3/h5-8,13-14,19H,9-12,15H2,1-4H3,(H,25,28). The molecule has 2 aromatic carbocycles. The number of hydrogen-bond donors (Lipinski definition) is 1. The number of carbonyl (C=O) groups excluding carboxylic acids is 1. The Balaban J connectivity index is 1.79.